The summed E-state index contributed by atoms with van der Waals surface area (Å²) in [4.78, 5) is 0. The predicted octanol–water partition coefficient (Wildman–Crippen LogP) is 0.597. The molecule has 0 spiro atoms. The Morgan fingerprint density at radius 2 is 1.77 bits per heavy atom. The number of hydrogen-bond donors (Lipinski definition) is 0. The molecular weight excluding hydrogens is 180 g/mol. The minimum Gasteiger partial charge on any atom is -0.346 e. The summed E-state index contributed by atoms with van der Waals surface area (Å²) in [6.45, 7) is 1.43. The fourth-order valence-electron chi connectivity index (χ4n) is 1.46. The van der Waals surface area contributed by atoms with Gasteiger partial charge in [-0.2, -0.15) is 0 Å². The van der Waals surface area contributed by atoms with Gasteiger partial charge in [0.25, 0.3) is 0 Å². The van der Waals surface area contributed by atoms with Crippen molar-refractivity contribution < 1.29 is 9.47 Å². The Kier molecular flexibility index (Phi) is 2.78. The van der Waals surface area contributed by atoms with Crippen LogP contribution in [0.2, 0.25) is 0 Å². The van der Waals surface area contributed by atoms with E-state index in [2.05, 4.69) is 24.3 Å². The van der Waals surface area contributed by atoms with Gasteiger partial charge in [-0.25, -0.2) is 0 Å². The van der Waals surface area contributed by atoms with E-state index >= 15 is 0 Å². The van der Waals surface area contributed by atoms with E-state index in [1.165, 1.54) is 21.9 Å². The maximum atomic E-state index is 5.40. The topological polar surface area (TPSA) is 18.5 Å². The summed E-state index contributed by atoms with van der Waals surface area (Å²) in [6, 6.07) is 9.74. The molecule has 0 saturated carbocycles. The zero-order valence-corrected chi connectivity index (χ0v) is 9.82. The first-order valence-corrected chi connectivity index (χ1v) is 6.13. The van der Waals surface area contributed by atoms with Gasteiger partial charge in [-0.15, -0.1) is 0 Å². The minimum absolute atomic E-state index is 0.122. The van der Waals surface area contributed by atoms with Crippen LogP contribution in [0.4, 0.5) is 0 Å². The van der Waals surface area contributed by atoms with Crippen LogP contribution < -0.4 is 0 Å². The van der Waals surface area contributed by atoms with Gasteiger partial charge in [-0.05, 0) is 6.04 Å². The standard InChI is InChI=1S/C10H14O2Si/c13-7-8-1-3-9(4-2-8)10-11-5-6-12-10/h1-4,10H,5-7H2,13H3. The van der Waals surface area contributed by atoms with Crippen molar-refractivity contribution >= 4 is 10.2 Å². The number of ether oxygens (including phenoxy) is 2. The molecule has 0 radical (unpaired) electrons. The van der Waals surface area contributed by atoms with Crippen molar-refractivity contribution in [2.45, 2.75) is 12.3 Å². The Hall–Kier alpha value is -0.643. The second-order valence-electron chi connectivity index (χ2n) is 3.17. The highest BCUT2D eigenvalue weighted by atomic mass is 28.1. The fraction of sp³-hybridized carbons (Fsp3) is 0.400. The lowest BCUT2D eigenvalue weighted by molar-refractivity contribution is -0.0441. The summed E-state index contributed by atoms with van der Waals surface area (Å²) in [5, 5.41) is 0. The smallest absolute Gasteiger partial charge is 0.184 e. The van der Waals surface area contributed by atoms with Crippen LogP contribution in [0.3, 0.4) is 0 Å². The summed E-state index contributed by atoms with van der Waals surface area (Å²) in [5.74, 6) is 0. The molecule has 2 rings (SSSR count). The average Bonchev–Trinajstić information content (AvgIpc) is 2.71. The zero-order valence-electron chi connectivity index (χ0n) is 7.82. The van der Waals surface area contributed by atoms with Gasteiger partial charge in [0, 0.05) is 15.8 Å². The van der Waals surface area contributed by atoms with Crippen molar-refractivity contribution in [2.24, 2.45) is 0 Å². The monoisotopic (exact) mass is 194 g/mol. The summed E-state index contributed by atoms with van der Waals surface area (Å²) >= 11 is 0. The van der Waals surface area contributed by atoms with E-state index in [4.69, 9.17) is 9.47 Å². The van der Waals surface area contributed by atoms with E-state index < -0.39 is 0 Å². The lowest BCUT2D eigenvalue weighted by Gasteiger charge is -2.09. The zero-order chi connectivity index (χ0) is 9.10. The Morgan fingerprint density at radius 3 is 2.31 bits per heavy atom. The molecule has 3 heteroatoms. The Balaban J connectivity index is 2.12. The van der Waals surface area contributed by atoms with Crippen LogP contribution in [0.1, 0.15) is 17.4 Å². The molecule has 0 aromatic heterocycles. The van der Waals surface area contributed by atoms with Crippen LogP contribution in [0.5, 0.6) is 0 Å². The first-order chi connectivity index (χ1) is 6.40. The van der Waals surface area contributed by atoms with Crippen molar-refractivity contribution in [1.82, 2.24) is 0 Å². The normalized spacial score (nSPS) is 18.2. The van der Waals surface area contributed by atoms with Gasteiger partial charge >= 0.3 is 0 Å². The van der Waals surface area contributed by atoms with Crippen LogP contribution >= 0.6 is 0 Å². The van der Waals surface area contributed by atoms with Crippen molar-refractivity contribution in [3.63, 3.8) is 0 Å². The number of hydrogen-bond acceptors (Lipinski definition) is 2. The third-order valence-corrected chi connectivity index (χ3v) is 3.10. The van der Waals surface area contributed by atoms with E-state index in [-0.39, 0.29) is 6.29 Å². The van der Waals surface area contributed by atoms with E-state index in [0.717, 1.165) is 5.56 Å². The molecule has 0 unspecified atom stereocenters. The van der Waals surface area contributed by atoms with Crippen LogP contribution in [0.15, 0.2) is 24.3 Å². The van der Waals surface area contributed by atoms with Gasteiger partial charge in [0.1, 0.15) is 0 Å². The second kappa shape index (κ2) is 4.04. The van der Waals surface area contributed by atoms with Gasteiger partial charge < -0.3 is 9.47 Å². The average molecular weight is 194 g/mol. The maximum Gasteiger partial charge on any atom is 0.184 e. The number of benzene rings is 1. The van der Waals surface area contributed by atoms with E-state index in [0.29, 0.717) is 13.2 Å². The van der Waals surface area contributed by atoms with Gasteiger partial charge in [-0.1, -0.05) is 29.8 Å². The lowest BCUT2D eigenvalue weighted by Crippen LogP contribution is -1.97. The quantitative estimate of drug-likeness (QED) is 0.642. The Labute approximate surface area is 81.3 Å². The molecular formula is C10H14O2Si. The Morgan fingerprint density at radius 1 is 1.15 bits per heavy atom. The van der Waals surface area contributed by atoms with Crippen molar-refractivity contribution in [2.75, 3.05) is 13.2 Å². The largest absolute Gasteiger partial charge is 0.346 e. The van der Waals surface area contributed by atoms with Crippen molar-refractivity contribution in [3.8, 4) is 0 Å². The van der Waals surface area contributed by atoms with Crippen LogP contribution in [0.25, 0.3) is 0 Å². The molecule has 0 N–H and O–H groups in total. The van der Waals surface area contributed by atoms with Crippen molar-refractivity contribution in [3.05, 3.63) is 35.4 Å². The lowest BCUT2D eigenvalue weighted by atomic mass is 10.1. The maximum absolute atomic E-state index is 5.40. The molecule has 13 heavy (non-hydrogen) atoms. The van der Waals surface area contributed by atoms with Crippen LogP contribution in [-0.2, 0) is 15.5 Å². The van der Waals surface area contributed by atoms with Gasteiger partial charge in [0.05, 0.1) is 13.2 Å². The third-order valence-electron chi connectivity index (χ3n) is 2.28. The highest BCUT2D eigenvalue weighted by Crippen LogP contribution is 2.23. The van der Waals surface area contributed by atoms with E-state index in [1.807, 2.05) is 0 Å². The van der Waals surface area contributed by atoms with Gasteiger partial charge in [0.2, 0.25) is 0 Å². The predicted molar refractivity (Wildman–Crippen MR) is 54.7 cm³/mol. The minimum atomic E-state index is -0.122. The van der Waals surface area contributed by atoms with Crippen LogP contribution in [0, 0.1) is 0 Å². The highest BCUT2D eigenvalue weighted by molar-refractivity contribution is 6.08. The first-order valence-electron chi connectivity index (χ1n) is 4.72. The SMILES string of the molecule is [SiH3]Cc1ccc(C2OCCO2)cc1. The van der Waals surface area contributed by atoms with E-state index in [9.17, 15) is 0 Å². The molecule has 0 bridgehead atoms. The molecule has 1 aromatic rings. The molecule has 70 valence electrons. The van der Waals surface area contributed by atoms with E-state index in [1.54, 1.807) is 0 Å². The summed E-state index contributed by atoms with van der Waals surface area (Å²) < 4.78 is 10.8. The molecule has 0 aliphatic carbocycles. The molecule has 1 aliphatic rings. The number of rotatable bonds is 2. The molecule has 2 nitrogen and oxygen atoms in total. The van der Waals surface area contributed by atoms with Gasteiger partial charge in [-0.3, -0.25) is 0 Å². The van der Waals surface area contributed by atoms with Crippen molar-refractivity contribution in [1.29, 1.82) is 0 Å². The third kappa shape index (κ3) is 1.99. The first kappa shape index (κ1) is 8.93. The highest BCUT2D eigenvalue weighted by Gasteiger charge is 2.17. The Bertz CT molecular complexity index is 265. The molecule has 1 aromatic carbocycles. The molecule has 1 saturated heterocycles. The van der Waals surface area contributed by atoms with Crippen LogP contribution in [-0.4, -0.2) is 23.5 Å². The van der Waals surface area contributed by atoms with Gasteiger partial charge in [0.15, 0.2) is 6.29 Å². The summed E-state index contributed by atoms with van der Waals surface area (Å²) in [5.41, 5.74) is 2.55. The molecule has 1 heterocycles. The molecule has 0 amide bonds. The molecule has 1 aliphatic heterocycles. The summed E-state index contributed by atoms with van der Waals surface area (Å²) in [6.07, 6.45) is -0.122. The molecule has 1 fully saturated rings. The molecule has 0 atom stereocenters. The summed E-state index contributed by atoms with van der Waals surface area (Å²) in [7, 11) is 1.22. The fourth-order valence-corrected chi connectivity index (χ4v) is 1.93. The second-order valence-corrected chi connectivity index (χ2v) is 3.88.